The van der Waals surface area contributed by atoms with Crippen LogP contribution < -0.4 is 18.9 Å². The predicted octanol–water partition coefficient (Wildman–Crippen LogP) is 3.73. The number of unbranched alkanes of at least 4 members (excludes halogenated alkanes) is 1. The Balaban J connectivity index is 0.795. The standard InChI is InChI=1S/C42H46O16S2/c43-29(21-51-31-5-13-37(14-6-31)59(47,48)39-17-9-33(10-18-39)53-25-35-27-55-35)23-57-41(45)3-1-2-4-42(46)58-24-30(44)22-52-32-7-15-38(16-8-32)60(49,50)40-19-11-34(12-20-40)54-26-36-28-56-36/h5-20,29-30,35-36,43-44H,1-4,21-28H2. The molecular weight excluding hydrogens is 825 g/mol. The van der Waals surface area contributed by atoms with E-state index in [-0.39, 0.29) is 71.1 Å². The van der Waals surface area contributed by atoms with Crippen LogP contribution in [-0.2, 0) is 48.2 Å². The first kappa shape index (κ1) is 44.3. The fourth-order valence-electron chi connectivity index (χ4n) is 5.38. The summed E-state index contributed by atoms with van der Waals surface area (Å²) in [6.07, 6.45) is -1.50. The highest BCUT2D eigenvalue weighted by molar-refractivity contribution is 7.91. The summed E-state index contributed by atoms with van der Waals surface area (Å²) >= 11 is 0. The summed E-state index contributed by atoms with van der Waals surface area (Å²) in [6.45, 7) is 1.05. The number of rotatable bonds is 25. The van der Waals surface area contributed by atoms with Gasteiger partial charge in [0.1, 0.15) is 87.1 Å². The molecule has 4 aromatic rings. The predicted molar refractivity (Wildman–Crippen MR) is 211 cm³/mol. The minimum absolute atomic E-state index is 0.00367. The average Bonchev–Trinajstić information content (AvgIpc) is 4.21. The normalized spacial score (nSPS) is 16.8. The van der Waals surface area contributed by atoms with Gasteiger partial charge in [-0.1, -0.05) is 0 Å². The molecule has 2 N–H and O–H groups in total. The maximum atomic E-state index is 13.0. The molecule has 2 aliphatic rings. The van der Waals surface area contributed by atoms with E-state index < -0.39 is 43.8 Å². The summed E-state index contributed by atoms with van der Waals surface area (Å²) in [5, 5.41) is 20.4. The third kappa shape index (κ3) is 13.7. The molecule has 4 unspecified atom stereocenters. The Bertz CT molecular complexity index is 2060. The minimum Gasteiger partial charge on any atom is -0.491 e. The molecule has 0 aromatic heterocycles. The van der Waals surface area contributed by atoms with Crippen molar-refractivity contribution < 1.29 is 74.5 Å². The van der Waals surface area contributed by atoms with Crippen molar-refractivity contribution in [1.82, 2.24) is 0 Å². The van der Waals surface area contributed by atoms with Gasteiger partial charge in [0.05, 0.1) is 32.8 Å². The van der Waals surface area contributed by atoms with Gasteiger partial charge in [-0.15, -0.1) is 0 Å². The molecule has 2 heterocycles. The minimum atomic E-state index is -3.79. The van der Waals surface area contributed by atoms with E-state index >= 15 is 0 Å². The fraction of sp³-hybridized carbons (Fsp3) is 0.381. The van der Waals surface area contributed by atoms with Crippen molar-refractivity contribution >= 4 is 31.6 Å². The van der Waals surface area contributed by atoms with Gasteiger partial charge >= 0.3 is 11.9 Å². The van der Waals surface area contributed by atoms with Gasteiger partial charge in [-0.25, -0.2) is 16.8 Å². The molecule has 6 rings (SSSR count). The van der Waals surface area contributed by atoms with E-state index in [0.29, 0.717) is 62.3 Å². The second-order valence-corrected chi connectivity index (χ2v) is 17.8. The molecule has 2 fully saturated rings. The van der Waals surface area contributed by atoms with Gasteiger partial charge in [0, 0.05) is 12.8 Å². The summed E-state index contributed by atoms with van der Waals surface area (Å²) in [5.41, 5.74) is 0. The largest absolute Gasteiger partial charge is 0.491 e. The zero-order chi connectivity index (χ0) is 42.5. The molecule has 0 bridgehead atoms. The van der Waals surface area contributed by atoms with Gasteiger partial charge in [-0.2, -0.15) is 0 Å². The van der Waals surface area contributed by atoms with E-state index in [2.05, 4.69) is 0 Å². The Hall–Kier alpha value is -5.24. The number of benzene rings is 4. The number of epoxide rings is 2. The average molecular weight is 871 g/mol. The van der Waals surface area contributed by atoms with Crippen LogP contribution >= 0.6 is 0 Å². The summed E-state index contributed by atoms with van der Waals surface area (Å²) in [6, 6.07) is 23.6. The van der Waals surface area contributed by atoms with Crippen molar-refractivity contribution in [2.24, 2.45) is 0 Å². The van der Waals surface area contributed by atoms with Gasteiger partial charge in [0.15, 0.2) is 0 Å². The molecule has 18 heteroatoms. The third-order valence-corrected chi connectivity index (χ3v) is 12.6. The first-order valence-corrected chi connectivity index (χ1v) is 22.1. The Morgan fingerprint density at radius 2 is 0.783 bits per heavy atom. The second-order valence-electron chi connectivity index (χ2n) is 13.9. The lowest BCUT2D eigenvalue weighted by Gasteiger charge is -2.14. The maximum Gasteiger partial charge on any atom is 0.305 e. The molecule has 0 spiro atoms. The summed E-state index contributed by atoms with van der Waals surface area (Å²) in [7, 11) is -7.57. The van der Waals surface area contributed by atoms with Crippen LogP contribution in [-0.4, -0.2) is 116 Å². The van der Waals surface area contributed by atoms with E-state index in [0.717, 1.165) is 0 Å². The Kier molecular flexibility index (Phi) is 15.4. The van der Waals surface area contributed by atoms with E-state index in [4.69, 9.17) is 37.9 Å². The number of carbonyl (C=O) groups is 2. The molecular formula is C42H46O16S2. The number of hydrogen-bond acceptors (Lipinski definition) is 16. The number of hydrogen-bond donors (Lipinski definition) is 2. The topological polar surface area (TPSA) is 223 Å². The molecule has 0 aliphatic carbocycles. The molecule has 2 saturated heterocycles. The zero-order valence-corrected chi connectivity index (χ0v) is 34.1. The van der Waals surface area contributed by atoms with Crippen LogP contribution in [0.25, 0.3) is 0 Å². The van der Waals surface area contributed by atoms with Crippen molar-refractivity contribution in [3.8, 4) is 23.0 Å². The Morgan fingerprint density at radius 3 is 1.07 bits per heavy atom. The third-order valence-electron chi connectivity index (χ3n) is 8.98. The fourth-order valence-corrected chi connectivity index (χ4v) is 7.90. The van der Waals surface area contributed by atoms with Crippen LogP contribution in [0.1, 0.15) is 25.7 Å². The lowest BCUT2D eigenvalue weighted by molar-refractivity contribution is -0.149. The molecule has 0 radical (unpaired) electrons. The van der Waals surface area contributed by atoms with Crippen molar-refractivity contribution in [2.75, 3.05) is 52.9 Å². The van der Waals surface area contributed by atoms with Crippen LogP contribution in [0, 0.1) is 0 Å². The van der Waals surface area contributed by atoms with Gasteiger partial charge < -0.3 is 48.1 Å². The van der Waals surface area contributed by atoms with Crippen LogP contribution in [0.2, 0.25) is 0 Å². The first-order chi connectivity index (χ1) is 28.8. The number of esters is 2. The summed E-state index contributed by atoms with van der Waals surface area (Å²) in [4.78, 5) is 24.6. The highest BCUT2D eigenvalue weighted by Crippen LogP contribution is 2.27. The number of aliphatic hydroxyl groups is 2. The van der Waals surface area contributed by atoms with Crippen molar-refractivity contribution in [3.63, 3.8) is 0 Å². The van der Waals surface area contributed by atoms with Crippen molar-refractivity contribution in [1.29, 1.82) is 0 Å². The molecule has 2 aliphatic heterocycles. The highest BCUT2D eigenvalue weighted by Gasteiger charge is 2.25. The molecule has 60 heavy (non-hydrogen) atoms. The molecule has 0 amide bonds. The van der Waals surface area contributed by atoms with Gasteiger partial charge in [0.25, 0.3) is 0 Å². The molecule has 16 nitrogen and oxygen atoms in total. The number of sulfone groups is 2. The molecule has 0 saturated carbocycles. The molecule has 4 aromatic carbocycles. The second kappa shape index (κ2) is 20.8. The van der Waals surface area contributed by atoms with Gasteiger partial charge in [-0.05, 0) is 110 Å². The van der Waals surface area contributed by atoms with Crippen molar-refractivity contribution in [3.05, 3.63) is 97.1 Å². The van der Waals surface area contributed by atoms with Crippen molar-refractivity contribution in [2.45, 2.75) is 69.7 Å². The Morgan fingerprint density at radius 1 is 0.500 bits per heavy atom. The van der Waals surface area contributed by atoms with Crippen LogP contribution in [0.15, 0.2) is 117 Å². The van der Waals surface area contributed by atoms with E-state index in [1.54, 1.807) is 24.3 Å². The highest BCUT2D eigenvalue weighted by atomic mass is 32.2. The SMILES string of the molecule is O=C(CCCCC(=O)OCC(O)COc1ccc(S(=O)(=O)c2ccc(OCC3CO3)cc2)cc1)OCC(O)COc1ccc(S(=O)(=O)c2ccc(OCC3CO3)cc2)cc1. The summed E-state index contributed by atoms with van der Waals surface area (Å²) < 4.78 is 94.6. The number of aliphatic hydroxyl groups excluding tert-OH is 2. The molecule has 322 valence electrons. The van der Waals surface area contributed by atoms with E-state index in [9.17, 15) is 36.6 Å². The quantitative estimate of drug-likeness (QED) is 0.0550. The number of carbonyl (C=O) groups excluding carboxylic acids is 2. The Labute approximate surface area is 347 Å². The monoisotopic (exact) mass is 870 g/mol. The molecule has 4 atom stereocenters. The smallest absolute Gasteiger partial charge is 0.305 e. The maximum absolute atomic E-state index is 13.0. The van der Waals surface area contributed by atoms with Gasteiger partial charge in [-0.3, -0.25) is 9.59 Å². The van der Waals surface area contributed by atoms with E-state index in [1.807, 2.05) is 0 Å². The lowest BCUT2D eigenvalue weighted by atomic mass is 10.2. The van der Waals surface area contributed by atoms with E-state index in [1.165, 1.54) is 72.8 Å². The van der Waals surface area contributed by atoms with Crippen LogP contribution in [0.3, 0.4) is 0 Å². The zero-order valence-electron chi connectivity index (χ0n) is 32.5. The van der Waals surface area contributed by atoms with Crippen LogP contribution in [0.4, 0.5) is 0 Å². The summed E-state index contributed by atoms with van der Waals surface area (Å²) in [5.74, 6) is 0.544. The first-order valence-electron chi connectivity index (χ1n) is 19.2. The number of ether oxygens (including phenoxy) is 8. The van der Waals surface area contributed by atoms with Crippen LogP contribution in [0.5, 0.6) is 23.0 Å². The van der Waals surface area contributed by atoms with Gasteiger partial charge in [0.2, 0.25) is 19.7 Å². The lowest BCUT2D eigenvalue weighted by Crippen LogP contribution is -2.25.